The molecule has 1 rings (SSSR count). The molecule has 0 atom stereocenters. The van der Waals surface area contributed by atoms with Gasteiger partial charge in [0.25, 0.3) is 0 Å². The standard InChI is InChI=1S/C18H27NO3/c1-13-12-16(21-6)14(2)11-15(13)9-7-8-10-19-17(20)22-18(3,4)5/h7,9,11-12H,8,10H2,1-6H3,(H,19,20). The van der Waals surface area contributed by atoms with E-state index in [0.29, 0.717) is 6.54 Å². The van der Waals surface area contributed by atoms with E-state index in [1.54, 1.807) is 7.11 Å². The molecule has 0 radical (unpaired) electrons. The number of rotatable bonds is 5. The Bertz CT molecular complexity index is 542. The lowest BCUT2D eigenvalue weighted by Gasteiger charge is -2.19. The van der Waals surface area contributed by atoms with Crippen LogP contribution in [0.5, 0.6) is 5.75 Å². The monoisotopic (exact) mass is 305 g/mol. The summed E-state index contributed by atoms with van der Waals surface area (Å²) in [4.78, 5) is 11.5. The number of alkyl carbamates (subject to hydrolysis) is 1. The summed E-state index contributed by atoms with van der Waals surface area (Å²) >= 11 is 0. The quantitative estimate of drug-likeness (QED) is 0.828. The maximum absolute atomic E-state index is 11.5. The Labute approximate surface area is 133 Å². The fourth-order valence-corrected chi connectivity index (χ4v) is 1.99. The van der Waals surface area contributed by atoms with Gasteiger partial charge < -0.3 is 14.8 Å². The lowest BCUT2D eigenvalue weighted by atomic mass is 10.0. The summed E-state index contributed by atoms with van der Waals surface area (Å²) in [5.74, 6) is 0.904. The molecule has 0 unspecified atom stereocenters. The first-order valence-corrected chi connectivity index (χ1v) is 7.51. The molecule has 0 saturated heterocycles. The molecule has 4 heteroatoms. The molecular weight excluding hydrogens is 278 g/mol. The molecule has 122 valence electrons. The van der Waals surface area contributed by atoms with Gasteiger partial charge in [0.05, 0.1) is 7.11 Å². The maximum atomic E-state index is 11.5. The van der Waals surface area contributed by atoms with E-state index in [-0.39, 0.29) is 6.09 Å². The Morgan fingerprint density at radius 1 is 1.23 bits per heavy atom. The van der Waals surface area contributed by atoms with Crippen molar-refractivity contribution in [2.75, 3.05) is 13.7 Å². The zero-order valence-corrected chi connectivity index (χ0v) is 14.4. The molecule has 0 aliphatic rings. The van der Waals surface area contributed by atoms with Crippen molar-refractivity contribution in [2.45, 2.75) is 46.6 Å². The van der Waals surface area contributed by atoms with Crippen LogP contribution in [-0.4, -0.2) is 25.3 Å². The molecule has 0 aliphatic carbocycles. The number of benzene rings is 1. The number of nitrogens with one attached hydrogen (secondary N) is 1. The molecule has 1 aromatic carbocycles. The third kappa shape index (κ3) is 6.20. The van der Waals surface area contributed by atoms with E-state index >= 15 is 0 Å². The van der Waals surface area contributed by atoms with E-state index in [2.05, 4.69) is 24.4 Å². The molecule has 1 N–H and O–H groups in total. The van der Waals surface area contributed by atoms with Gasteiger partial charge in [0, 0.05) is 6.54 Å². The number of carbonyl (C=O) groups excluding carboxylic acids is 1. The second-order valence-electron chi connectivity index (χ2n) is 6.30. The summed E-state index contributed by atoms with van der Waals surface area (Å²) in [6, 6.07) is 4.14. The highest BCUT2D eigenvalue weighted by Gasteiger charge is 2.15. The summed E-state index contributed by atoms with van der Waals surface area (Å²) < 4.78 is 10.5. The lowest BCUT2D eigenvalue weighted by molar-refractivity contribution is 0.0529. The minimum absolute atomic E-state index is 0.377. The van der Waals surface area contributed by atoms with Crippen molar-refractivity contribution in [3.8, 4) is 5.75 Å². The van der Waals surface area contributed by atoms with Crippen LogP contribution in [0, 0.1) is 13.8 Å². The van der Waals surface area contributed by atoms with Crippen molar-refractivity contribution in [1.82, 2.24) is 5.32 Å². The Hall–Kier alpha value is -1.97. The predicted molar refractivity (Wildman–Crippen MR) is 90.4 cm³/mol. The van der Waals surface area contributed by atoms with Gasteiger partial charge in [-0.05, 0) is 69.9 Å². The number of hydrogen-bond donors (Lipinski definition) is 1. The zero-order chi connectivity index (χ0) is 16.8. The summed E-state index contributed by atoms with van der Waals surface area (Å²) in [6.45, 7) is 10.2. The molecule has 0 bridgehead atoms. The first-order valence-electron chi connectivity index (χ1n) is 7.51. The predicted octanol–water partition coefficient (Wildman–Crippen LogP) is 4.24. The van der Waals surface area contributed by atoms with Gasteiger partial charge >= 0.3 is 6.09 Å². The average molecular weight is 305 g/mol. The average Bonchev–Trinajstić information content (AvgIpc) is 2.39. The summed E-state index contributed by atoms with van der Waals surface area (Å²) in [5, 5.41) is 2.74. The number of aryl methyl sites for hydroxylation is 2. The van der Waals surface area contributed by atoms with E-state index in [4.69, 9.17) is 9.47 Å². The normalized spacial score (nSPS) is 11.5. The van der Waals surface area contributed by atoms with Gasteiger partial charge in [-0.1, -0.05) is 12.2 Å². The number of carbonyl (C=O) groups is 1. The molecule has 4 nitrogen and oxygen atoms in total. The Morgan fingerprint density at radius 3 is 2.50 bits per heavy atom. The van der Waals surface area contributed by atoms with Crippen LogP contribution in [0.1, 0.15) is 43.9 Å². The first kappa shape index (κ1) is 18.1. The van der Waals surface area contributed by atoms with E-state index < -0.39 is 5.60 Å². The first-order chi connectivity index (χ1) is 10.2. The minimum atomic E-state index is -0.461. The highest BCUT2D eigenvalue weighted by molar-refractivity contribution is 5.67. The lowest BCUT2D eigenvalue weighted by Crippen LogP contribution is -2.32. The van der Waals surface area contributed by atoms with Gasteiger partial charge in [-0.25, -0.2) is 4.79 Å². The number of ether oxygens (including phenoxy) is 2. The fraction of sp³-hybridized carbons (Fsp3) is 0.500. The van der Waals surface area contributed by atoms with Gasteiger partial charge in [0.1, 0.15) is 11.4 Å². The van der Waals surface area contributed by atoms with E-state index in [0.717, 1.165) is 23.3 Å². The van der Waals surface area contributed by atoms with Gasteiger partial charge in [0.15, 0.2) is 0 Å². The van der Waals surface area contributed by atoms with Gasteiger partial charge in [-0.15, -0.1) is 0 Å². The van der Waals surface area contributed by atoms with Crippen molar-refractivity contribution in [3.05, 3.63) is 34.9 Å². The topological polar surface area (TPSA) is 47.6 Å². The molecule has 0 aliphatic heterocycles. The summed E-state index contributed by atoms with van der Waals surface area (Å²) in [7, 11) is 1.68. The Kier molecular flexibility index (Phi) is 6.47. The van der Waals surface area contributed by atoms with Crippen LogP contribution in [0.4, 0.5) is 4.79 Å². The zero-order valence-electron chi connectivity index (χ0n) is 14.4. The van der Waals surface area contributed by atoms with Crippen LogP contribution in [0.2, 0.25) is 0 Å². The minimum Gasteiger partial charge on any atom is -0.496 e. The second-order valence-corrected chi connectivity index (χ2v) is 6.30. The largest absolute Gasteiger partial charge is 0.496 e. The van der Waals surface area contributed by atoms with Crippen LogP contribution in [-0.2, 0) is 4.74 Å². The number of methoxy groups -OCH3 is 1. The molecule has 1 aromatic rings. The molecule has 1 amide bonds. The van der Waals surface area contributed by atoms with Crippen LogP contribution in [0.25, 0.3) is 6.08 Å². The third-order valence-electron chi connectivity index (χ3n) is 3.06. The van der Waals surface area contributed by atoms with Crippen molar-refractivity contribution >= 4 is 12.2 Å². The molecule has 0 saturated carbocycles. The van der Waals surface area contributed by atoms with Crippen LogP contribution < -0.4 is 10.1 Å². The molecule has 22 heavy (non-hydrogen) atoms. The second kappa shape index (κ2) is 7.87. The van der Waals surface area contributed by atoms with Crippen LogP contribution >= 0.6 is 0 Å². The molecule has 0 fully saturated rings. The van der Waals surface area contributed by atoms with E-state index in [1.165, 1.54) is 5.56 Å². The summed E-state index contributed by atoms with van der Waals surface area (Å²) in [6.07, 6.45) is 4.49. The van der Waals surface area contributed by atoms with Gasteiger partial charge in [0.2, 0.25) is 0 Å². The van der Waals surface area contributed by atoms with Crippen LogP contribution in [0.3, 0.4) is 0 Å². The highest BCUT2D eigenvalue weighted by Crippen LogP contribution is 2.23. The fourth-order valence-electron chi connectivity index (χ4n) is 1.99. The molecule has 0 aromatic heterocycles. The van der Waals surface area contributed by atoms with Gasteiger partial charge in [-0.2, -0.15) is 0 Å². The SMILES string of the molecule is COc1cc(C)c(C=CCCNC(=O)OC(C)(C)C)cc1C. The van der Waals surface area contributed by atoms with Crippen LogP contribution in [0.15, 0.2) is 18.2 Å². The smallest absolute Gasteiger partial charge is 0.407 e. The van der Waals surface area contributed by atoms with Crippen molar-refractivity contribution in [2.24, 2.45) is 0 Å². The van der Waals surface area contributed by atoms with E-state index in [9.17, 15) is 4.79 Å². The van der Waals surface area contributed by atoms with Crippen molar-refractivity contribution < 1.29 is 14.3 Å². The molecule has 0 heterocycles. The molecule has 0 spiro atoms. The van der Waals surface area contributed by atoms with Crippen molar-refractivity contribution in [1.29, 1.82) is 0 Å². The van der Waals surface area contributed by atoms with Crippen molar-refractivity contribution in [3.63, 3.8) is 0 Å². The number of amides is 1. The van der Waals surface area contributed by atoms with E-state index in [1.807, 2.05) is 39.8 Å². The number of hydrogen-bond acceptors (Lipinski definition) is 3. The molecular formula is C18H27NO3. The third-order valence-corrected chi connectivity index (χ3v) is 3.06. The Balaban J connectivity index is 2.47. The summed E-state index contributed by atoms with van der Waals surface area (Å²) in [5.41, 5.74) is 2.98. The maximum Gasteiger partial charge on any atom is 0.407 e. The Morgan fingerprint density at radius 2 is 1.91 bits per heavy atom. The highest BCUT2D eigenvalue weighted by atomic mass is 16.6. The van der Waals surface area contributed by atoms with Gasteiger partial charge in [-0.3, -0.25) is 0 Å².